The van der Waals surface area contributed by atoms with Crippen LogP contribution in [-0.4, -0.2) is 5.11 Å². The van der Waals surface area contributed by atoms with E-state index in [0.717, 1.165) is 12.3 Å². The fourth-order valence-corrected chi connectivity index (χ4v) is 2.93. The molecule has 1 aromatic carbocycles. The van der Waals surface area contributed by atoms with E-state index in [1.54, 1.807) is 12.1 Å². The van der Waals surface area contributed by atoms with Gasteiger partial charge in [0.25, 0.3) is 0 Å². The monoisotopic (exact) mass is 248 g/mol. The van der Waals surface area contributed by atoms with E-state index in [-0.39, 0.29) is 0 Å². The second-order valence-electron chi connectivity index (χ2n) is 7.08. The molecule has 1 heteroatoms. The molecule has 0 radical (unpaired) electrons. The number of aromatic hydroxyl groups is 1. The quantitative estimate of drug-likeness (QED) is 0.774. The number of rotatable bonds is 5. The fourth-order valence-electron chi connectivity index (χ4n) is 2.93. The SMILES string of the molecule is CC(Cc1ccc(O)cc1)CC(C)CC(C)(C)C. The minimum atomic E-state index is 0.354. The number of hydrogen-bond donors (Lipinski definition) is 1. The smallest absolute Gasteiger partial charge is 0.115 e. The highest BCUT2D eigenvalue weighted by Crippen LogP contribution is 2.29. The lowest BCUT2D eigenvalue weighted by Gasteiger charge is -2.25. The van der Waals surface area contributed by atoms with Gasteiger partial charge in [-0.25, -0.2) is 0 Å². The maximum Gasteiger partial charge on any atom is 0.115 e. The van der Waals surface area contributed by atoms with Crippen LogP contribution in [0.4, 0.5) is 0 Å². The van der Waals surface area contributed by atoms with Crippen LogP contribution in [0.3, 0.4) is 0 Å². The molecule has 0 heterocycles. The van der Waals surface area contributed by atoms with Crippen LogP contribution in [0.2, 0.25) is 0 Å². The first-order valence-electron chi connectivity index (χ1n) is 7.04. The summed E-state index contributed by atoms with van der Waals surface area (Å²) in [7, 11) is 0. The summed E-state index contributed by atoms with van der Waals surface area (Å²) in [5.41, 5.74) is 1.75. The number of hydrogen-bond acceptors (Lipinski definition) is 1. The summed E-state index contributed by atoms with van der Waals surface area (Å²) in [6, 6.07) is 7.61. The Kier molecular flexibility index (Phi) is 5.25. The van der Waals surface area contributed by atoms with E-state index in [4.69, 9.17) is 0 Å². The van der Waals surface area contributed by atoms with Gasteiger partial charge in [0, 0.05) is 0 Å². The van der Waals surface area contributed by atoms with Crippen LogP contribution < -0.4 is 0 Å². The van der Waals surface area contributed by atoms with Gasteiger partial charge in [-0.15, -0.1) is 0 Å². The van der Waals surface area contributed by atoms with Crippen molar-refractivity contribution in [3.63, 3.8) is 0 Å². The van der Waals surface area contributed by atoms with Crippen LogP contribution in [0, 0.1) is 17.3 Å². The molecule has 0 saturated heterocycles. The maximum atomic E-state index is 9.26. The molecule has 102 valence electrons. The van der Waals surface area contributed by atoms with Crippen molar-refractivity contribution in [2.75, 3.05) is 0 Å². The molecule has 2 atom stereocenters. The topological polar surface area (TPSA) is 20.2 Å². The first kappa shape index (κ1) is 15.1. The third-order valence-electron chi connectivity index (χ3n) is 3.29. The van der Waals surface area contributed by atoms with Gasteiger partial charge in [0.1, 0.15) is 5.75 Å². The lowest BCUT2D eigenvalue weighted by molar-refractivity contribution is 0.272. The molecule has 1 aromatic rings. The third kappa shape index (κ3) is 6.09. The van der Waals surface area contributed by atoms with Crippen molar-refractivity contribution in [3.8, 4) is 5.75 Å². The van der Waals surface area contributed by atoms with Crippen molar-refractivity contribution in [1.29, 1.82) is 0 Å². The summed E-state index contributed by atoms with van der Waals surface area (Å²) in [6.45, 7) is 11.6. The predicted octanol–water partition coefficient (Wildman–Crippen LogP) is 5.03. The molecule has 0 aliphatic rings. The molecule has 1 nitrogen and oxygen atoms in total. The molecular formula is C17H28O. The largest absolute Gasteiger partial charge is 0.508 e. The molecule has 2 unspecified atom stereocenters. The Bertz CT molecular complexity index is 345. The van der Waals surface area contributed by atoms with Gasteiger partial charge in [-0.1, -0.05) is 46.8 Å². The second-order valence-corrected chi connectivity index (χ2v) is 7.08. The van der Waals surface area contributed by atoms with Gasteiger partial charge in [-0.05, 0) is 54.2 Å². The van der Waals surface area contributed by atoms with Crippen molar-refractivity contribution < 1.29 is 5.11 Å². The van der Waals surface area contributed by atoms with Crippen molar-refractivity contribution >= 4 is 0 Å². The zero-order valence-electron chi connectivity index (χ0n) is 12.5. The van der Waals surface area contributed by atoms with E-state index < -0.39 is 0 Å². The first-order chi connectivity index (χ1) is 8.26. The van der Waals surface area contributed by atoms with Gasteiger partial charge >= 0.3 is 0 Å². The van der Waals surface area contributed by atoms with Crippen molar-refractivity contribution in [2.24, 2.45) is 17.3 Å². The normalized spacial score (nSPS) is 15.4. The van der Waals surface area contributed by atoms with Crippen LogP contribution >= 0.6 is 0 Å². The summed E-state index contributed by atoms with van der Waals surface area (Å²) >= 11 is 0. The Morgan fingerprint density at radius 2 is 1.56 bits per heavy atom. The van der Waals surface area contributed by atoms with Crippen LogP contribution in [-0.2, 0) is 6.42 Å². The summed E-state index contributed by atoms with van der Waals surface area (Å²) in [4.78, 5) is 0. The number of phenols is 1. The lowest BCUT2D eigenvalue weighted by atomic mass is 9.81. The third-order valence-corrected chi connectivity index (χ3v) is 3.29. The van der Waals surface area contributed by atoms with E-state index >= 15 is 0 Å². The molecule has 0 bridgehead atoms. The van der Waals surface area contributed by atoms with Gasteiger partial charge < -0.3 is 5.11 Å². The molecule has 0 fully saturated rings. The van der Waals surface area contributed by atoms with E-state index in [1.807, 2.05) is 12.1 Å². The minimum Gasteiger partial charge on any atom is -0.508 e. The molecule has 0 aliphatic carbocycles. The summed E-state index contributed by atoms with van der Waals surface area (Å²) in [5, 5.41) is 9.26. The maximum absolute atomic E-state index is 9.26. The molecule has 18 heavy (non-hydrogen) atoms. The molecular weight excluding hydrogens is 220 g/mol. The van der Waals surface area contributed by atoms with Crippen LogP contribution in [0.15, 0.2) is 24.3 Å². The minimum absolute atomic E-state index is 0.354. The molecule has 0 saturated carbocycles. The van der Waals surface area contributed by atoms with Crippen molar-refractivity contribution in [2.45, 2.75) is 53.9 Å². The Labute approximate surface area is 112 Å². The highest BCUT2D eigenvalue weighted by Gasteiger charge is 2.17. The first-order valence-corrected chi connectivity index (χ1v) is 7.04. The van der Waals surface area contributed by atoms with Gasteiger partial charge in [0.15, 0.2) is 0 Å². The van der Waals surface area contributed by atoms with E-state index in [1.165, 1.54) is 18.4 Å². The molecule has 0 amide bonds. The number of phenolic OH excluding ortho intramolecular Hbond substituents is 1. The summed E-state index contributed by atoms with van der Waals surface area (Å²) in [5.74, 6) is 1.83. The van der Waals surface area contributed by atoms with E-state index in [9.17, 15) is 5.11 Å². The molecule has 1 rings (SSSR count). The van der Waals surface area contributed by atoms with Crippen LogP contribution in [0.25, 0.3) is 0 Å². The molecule has 0 aliphatic heterocycles. The van der Waals surface area contributed by atoms with E-state index in [2.05, 4.69) is 34.6 Å². The molecule has 0 aromatic heterocycles. The number of benzene rings is 1. The van der Waals surface area contributed by atoms with Crippen molar-refractivity contribution in [1.82, 2.24) is 0 Å². The van der Waals surface area contributed by atoms with Gasteiger partial charge in [0.2, 0.25) is 0 Å². The Balaban J connectivity index is 2.41. The second kappa shape index (κ2) is 6.26. The zero-order valence-corrected chi connectivity index (χ0v) is 12.5. The van der Waals surface area contributed by atoms with E-state index in [0.29, 0.717) is 17.1 Å². The highest BCUT2D eigenvalue weighted by molar-refractivity contribution is 5.26. The van der Waals surface area contributed by atoms with Gasteiger partial charge in [-0.2, -0.15) is 0 Å². The van der Waals surface area contributed by atoms with Crippen LogP contribution in [0.1, 0.15) is 53.0 Å². The van der Waals surface area contributed by atoms with Crippen molar-refractivity contribution in [3.05, 3.63) is 29.8 Å². The van der Waals surface area contributed by atoms with Gasteiger partial charge in [0.05, 0.1) is 0 Å². The summed E-state index contributed by atoms with van der Waals surface area (Å²) in [6.07, 6.45) is 3.67. The summed E-state index contributed by atoms with van der Waals surface area (Å²) < 4.78 is 0. The Morgan fingerprint density at radius 1 is 1.00 bits per heavy atom. The zero-order chi connectivity index (χ0) is 13.8. The predicted molar refractivity (Wildman–Crippen MR) is 78.8 cm³/mol. The average Bonchev–Trinajstić information content (AvgIpc) is 2.18. The fraction of sp³-hybridized carbons (Fsp3) is 0.647. The average molecular weight is 248 g/mol. The van der Waals surface area contributed by atoms with Crippen LogP contribution in [0.5, 0.6) is 5.75 Å². The van der Waals surface area contributed by atoms with Gasteiger partial charge in [-0.3, -0.25) is 0 Å². The standard InChI is InChI=1S/C17H28O/c1-13(10-14(2)12-17(3,4)5)11-15-6-8-16(18)9-7-15/h6-9,13-14,18H,10-12H2,1-5H3. The lowest BCUT2D eigenvalue weighted by Crippen LogP contribution is -2.14. The molecule has 1 N–H and O–H groups in total. The highest BCUT2D eigenvalue weighted by atomic mass is 16.3. The molecule has 0 spiro atoms. The Hall–Kier alpha value is -0.980. The Morgan fingerprint density at radius 3 is 2.06 bits per heavy atom.